The van der Waals surface area contributed by atoms with E-state index in [1.807, 2.05) is 5.38 Å². The van der Waals surface area contributed by atoms with E-state index in [9.17, 15) is 9.59 Å². The van der Waals surface area contributed by atoms with Crippen LogP contribution in [0.15, 0.2) is 59.4 Å². The van der Waals surface area contributed by atoms with Crippen LogP contribution in [0.4, 0.5) is 11.4 Å². The summed E-state index contributed by atoms with van der Waals surface area (Å²) in [5.41, 5.74) is 4.40. The number of aromatic nitrogens is 1. The third-order valence-corrected chi connectivity index (χ3v) is 4.06. The van der Waals surface area contributed by atoms with Crippen molar-refractivity contribution >= 4 is 34.5 Å². The monoisotopic (exact) mass is 367 g/mol. The molecule has 2 N–H and O–H groups in total. The predicted molar refractivity (Wildman–Crippen MR) is 102 cm³/mol. The molecular formula is C19H17N3O3S. The highest BCUT2D eigenvalue weighted by atomic mass is 32.1. The second-order valence-corrected chi connectivity index (χ2v) is 6.23. The molecule has 132 valence electrons. The van der Waals surface area contributed by atoms with E-state index >= 15 is 0 Å². The summed E-state index contributed by atoms with van der Waals surface area (Å²) < 4.78 is 5.67. The Hall–Kier alpha value is -3.19. The first-order valence-electron chi connectivity index (χ1n) is 7.89. The highest BCUT2D eigenvalue weighted by molar-refractivity contribution is 7.07. The van der Waals surface area contributed by atoms with Crippen LogP contribution in [-0.4, -0.2) is 16.8 Å². The Labute approximate surface area is 154 Å². The first-order chi connectivity index (χ1) is 12.6. The summed E-state index contributed by atoms with van der Waals surface area (Å²) in [6.07, 6.45) is 0. The van der Waals surface area contributed by atoms with Gasteiger partial charge in [0, 0.05) is 29.2 Å². The summed E-state index contributed by atoms with van der Waals surface area (Å²) in [5, 5.41) is 7.41. The molecule has 0 atom stereocenters. The van der Waals surface area contributed by atoms with Crippen molar-refractivity contribution in [1.29, 1.82) is 0 Å². The molecule has 0 spiro atoms. The lowest BCUT2D eigenvalue weighted by Gasteiger charge is -2.09. The van der Waals surface area contributed by atoms with E-state index in [2.05, 4.69) is 15.6 Å². The zero-order valence-electron chi connectivity index (χ0n) is 14.1. The van der Waals surface area contributed by atoms with Crippen molar-refractivity contribution in [2.45, 2.75) is 13.5 Å². The Morgan fingerprint density at radius 3 is 2.46 bits per heavy atom. The number of carbonyl (C=O) groups is 2. The number of hydrogen-bond donors (Lipinski definition) is 2. The van der Waals surface area contributed by atoms with Gasteiger partial charge in [-0.3, -0.25) is 9.59 Å². The quantitative estimate of drug-likeness (QED) is 0.692. The maximum atomic E-state index is 12.4. The van der Waals surface area contributed by atoms with Crippen LogP contribution in [0.3, 0.4) is 0 Å². The van der Waals surface area contributed by atoms with E-state index < -0.39 is 0 Å². The van der Waals surface area contributed by atoms with Crippen LogP contribution < -0.4 is 15.4 Å². The molecule has 3 rings (SSSR count). The fourth-order valence-corrected chi connectivity index (χ4v) is 2.78. The first kappa shape index (κ1) is 17.6. The molecule has 3 aromatic rings. The topological polar surface area (TPSA) is 80.3 Å². The molecule has 0 bridgehead atoms. The molecule has 0 fully saturated rings. The maximum absolute atomic E-state index is 12.4. The predicted octanol–water partition coefficient (Wildman–Crippen LogP) is 3.93. The summed E-state index contributed by atoms with van der Waals surface area (Å²) in [4.78, 5) is 27.6. The van der Waals surface area contributed by atoms with Crippen molar-refractivity contribution < 1.29 is 14.3 Å². The van der Waals surface area contributed by atoms with Crippen molar-refractivity contribution in [2.24, 2.45) is 0 Å². The highest BCUT2D eigenvalue weighted by Crippen LogP contribution is 2.18. The standard InChI is InChI=1S/C19H17N3O3S/c1-13(23)21-15-5-7-16(8-6-15)22-19(24)14-3-2-4-18(9-14)25-10-17-11-26-12-20-17/h2-9,11-12H,10H2,1H3,(H,21,23)(H,22,24). The number of anilines is 2. The molecule has 2 aromatic carbocycles. The van der Waals surface area contributed by atoms with Crippen LogP contribution in [0.25, 0.3) is 0 Å². The van der Waals surface area contributed by atoms with Crippen LogP contribution in [-0.2, 0) is 11.4 Å². The molecule has 0 unspecified atom stereocenters. The minimum atomic E-state index is -0.239. The lowest BCUT2D eigenvalue weighted by Crippen LogP contribution is -2.12. The smallest absolute Gasteiger partial charge is 0.255 e. The summed E-state index contributed by atoms with van der Waals surface area (Å²) in [6.45, 7) is 1.80. The van der Waals surface area contributed by atoms with E-state index in [0.29, 0.717) is 29.3 Å². The van der Waals surface area contributed by atoms with E-state index in [-0.39, 0.29) is 11.8 Å². The van der Waals surface area contributed by atoms with Gasteiger partial charge in [0.15, 0.2) is 0 Å². The van der Waals surface area contributed by atoms with Crippen molar-refractivity contribution in [3.05, 3.63) is 70.7 Å². The van der Waals surface area contributed by atoms with Crippen molar-refractivity contribution in [3.63, 3.8) is 0 Å². The van der Waals surface area contributed by atoms with Crippen molar-refractivity contribution in [2.75, 3.05) is 10.6 Å². The van der Waals surface area contributed by atoms with Crippen molar-refractivity contribution in [1.82, 2.24) is 4.98 Å². The minimum Gasteiger partial charge on any atom is -0.487 e. The Morgan fingerprint density at radius 1 is 1.08 bits per heavy atom. The molecule has 6 nitrogen and oxygen atoms in total. The van der Waals surface area contributed by atoms with E-state index in [1.54, 1.807) is 54.0 Å². The molecule has 0 aliphatic rings. The van der Waals surface area contributed by atoms with Gasteiger partial charge in [0.2, 0.25) is 5.91 Å². The largest absolute Gasteiger partial charge is 0.487 e. The fraction of sp³-hybridized carbons (Fsp3) is 0.105. The number of amides is 2. The molecule has 0 aliphatic carbocycles. The highest BCUT2D eigenvalue weighted by Gasteiger charge is 2.08. The van der Waals surface area contributed by atoms with Gasteiger partial charge < -0.3 is 15.4 Å². The number of benzene rings is 2. The lowest BCUT2D eigenvalue weighted by atomic mass is 10.2. The Bertz CT molecular complexity index is 893. The van der Waals surface area contributed by atoms with Crippen LogP contribution in [0.5, 0.6) is 5.75 Å². The van der Waals surface area contributed by atoms with Crippen LogP contribution in [0.2, 0.25) is 0 Å². The van der Waals surface area contributed by atoms with Crippen LogP contribution >= 0.6 is 11.3 Å². The third-order valence-electron chi connectivity index (χ3n) is 3.43. The molecule has 1 aromatic heterocycles. The number of ether oxygens (including phenoxy) is 1. The Balaban J connectivity index is 1.62. The molecule has 26 heavy (non-hydrogen) atoms. The van der Waals surface area contributed by atoms with Gasteiger partial charge in [-0.05, 0) is 42.5 Å². The van der Waals surface area contributed by atoms with Crippen LogP contribution in [0, 0.1) is 0 Å². The average molecular weight is 367 g/mol. The second-order valence-electron chi connectivity index (χ2n) is 5.51. The average Bonchev–Trinajstić information content (AvgIpc) is 3.15. The molecule has 0 saturated heterocycles. The summed E-state index contributed by atoms with van der Waals surface area (Å²) in [5.74, 6) is 0.222. The summed E-state index contributed by atoms with van der Waals surface area (Å²) >= 11 is 1.51. The lowest BCUT2D eigenvalue weighted by molar-refractivity contribution is -0.114. The van der Waals surface area contributed by atoms with Gasteiger partial charge in [-0.1, -0.05) is 6.07 Å². The van der Waals surface area contributed by atoms with Gasteiger partial charge in [0.25, 0.3) is 5.91 Å². The Kier molecular flexibility index (Phi) is 5.60. The molecule has 0 aliphatic heterocycles. The molecule has 0 saturated carbocycles. The van der Waals surface area contributed by atoms with Gasteiger partial charge in [0.05, 0.1) is 11.2 Å². The summed E-state index contributed by atoms with van der Waals surface area (Å²) in [7, 11) is 0. The van der Waals surface area contributed by atoms with Crippen LogP contribution in [0.1, 0.15) is 23.0 Å². The molecule has 1 heterocycles. The third kappa shape index (κ3) is 4.90. The van der Waals surface area contributed by atoms with Gasteiger partial charge in [0.1, 0.15) is 12.4 Å². The molecular weight excluding hydrogens is 350 g/mol. The number of thiazole rings is 1. The number of carbonyl (C=O) groups excluding carboxylic acids is 2. The minimum absolute atomic E-state index is 0.142. The SMILES string of the molecule is CC(=O)Nc1ccc(NC(=O)c2cccc(OCc3cscn3)c2)cc1. The van der Waals surface area contributed by atoms with E-state index in [1.165, 1.54) is 18.3 Å². The first-order valence-corrected chi connectivity index (χ1v) is 8.83. The molecule has 2 amide bonds. The number of rotatable bonds is 6. The number of hydrogen-bond acceptors (Lipinski definition) is 5. The van der Waals surface area contributed by atoms with E-state index in [4.69, 9.17) is 4.74 Å². The zero-order valence-corrected chi connectivity index (χ0v) is 14.9. The number of nitrogens with one attached hydrogen (secondary N) is 2. The van der Waals surface area contributed by atoms with E-state index in [0.717, 1.165) is 5.69 Å². The normalized spacial score (nSPS) is 10.2. The van der Waals surface area contributed by atoms with Crippen molar-refractivity contribution in [3.8, 4) is 5.75 Å². The molecule has 0 radical (unpaired) electrons. The van der Waals surface area contributed by atoms with Gasteiger partial charge in [-0.15, -0.1) is 11.3 Å². The fourth-order valence-electron chi connectivity index (χ4n) is 2.24. The van der Waals surface area contributed by atoms with Gasteiger partial charge in [-0.25, -0.2) is 4.98 Å². The Morgan fingerprint density at radius 2 is 1.81 bits per heavy atom. The second kappa shape index (κ2) is 8.26. The van der Waals surface area contributed by atoms with Gasteiger partial charge >= 0.3 is 0 Å². The zero-order chi connectivity index (χ0) is 18.4. The van der Waals surface area contributed by atoms with Gasteiger partial charge in [-0.2, -0.15) is 0 Å². The number of nitrogens with zero attached hydrogens (tertiary/aromatic N) is 1. The summed E-state index contributed by atoms with van der Waals surface area (Å²) in [6, 6.07) is 13.9. The molecule has 7 heteroatoms. The maximum Gasteiger partial charge on any atom is 0.255 e.